The number of likely N-dealkylation sites (tertiary alicyclic amines) is 1. The van der Waals surface area contributed by atoms with Crippen LogP contribution in [-0.2, 0) is 20.2 Å². The van der Waals surface area contributed by atoms with Gasteiger partial charge in [0.2, 0.25) is 0 Å². The molecule has 4 aromatic rings. The number of thiophene rings is 1. The van der Waals surface area contributed by atoms with Gasteiger partial charge in [0.15, 0.2) is 5.78 Å². The van der Waals surface area contributed by atoms with Gasteiger partial charge in [0.25, 0.3) is 0 Å². The van der Waals surface area contributed by atoms with Crippen LogP contribution in [-0.4, -0.2) is 64.8 Å². The Bertz CT molecular complexity index is 2000. The van der Waals surface area contributed by atoms with Gasteiger partial charge in [-0.05, 0) is 98.2 Å². The molecule has 3 aromatic carbocycles. The van der Waals surface area contributed by atoms with Crippen LogP contribution in [0.1, 0.15) is 35.2 Å². The number of halogens is 6. The molecule has 258 valence electrons. The van der Waals surface area contributed by atoms with E-state index in [2.05, 4.69) is 13.3 Å². The zero-order valence-corrected chi connectivity index (χ0v) is 27.0. The fraction of sp³-hybridized carbons (Fsp3) is 0.300. The van der Waals surface area contributed by atoms with Crippen LogP contribution < -0.4 is 13.1 Å². The molecule has 5 rings (SSSR count). The molecule has 9 nitrogen and oxygen atoms in total. The number of ketones is 1. The van der Waals surface area contributed by atoms with Gasteiger partial charge in [0.1, 0.15) is 23.9 Å². The fourth-order valence-corrected chi connectivity index (χ4v) is 7.03. The molecule has 0 radical (unpaired) electrons. The van der Waals surface area contributed by atoms with E-state index in [1.54, 1.807) is 12.1 Å². The third-order valence-electron chi connectivity index (χ3n) is 7.23. The molecule has 0 amide bonds. The van der Waals surface area contributed by atoms with Crippen molar-refractivity contribution >= 4 is 47.4 Å². The van der Waals surface area contributed by atoms with Crippen molar-refractivity contribution in [3.05, 3.63) is 77.9 Å². The number of carbonyl (C=O) groups excluding carboxylic acids is 1. The van der Waals surface area contributed by atoms with Crippen molar-refractivity contribution in [1.29, 1.82) is 0 Å². The third-order valence-corrected chi connectivity index (χ3v) is 10.4. The van der Waals surface area contributed by atoms with Gasteiger partial charge in [0, 0.05) is 32.6 Å². The second kappa shape index (κ2) is 13.6. The molecule has 0 N–H and O–H groups in total. The van der Waals surface area contributed by atoms with E-state index in [9.17, 15) is 48.0 Å². The first-order valence-corrected chi connectivity index (χ1v) is 17.8. The predicted octanol–water partition coefficient (Wildman–Crippen LogP) is 7.12. The topological polar surface area (TPSA) is 116 Å². The second-order valence-electron chi connectivity index (χ2n) is 10.6. The number of hydrogen-bond acceptors (Lipinski definition) is 10. The van der Waals surface area contributed by atoms with Gasteiger partial charge in [-0.15, -0.1) is 11.3 Å². The molecule has 1 aliphatic heterocycles. The number of rotatable bonds is 11. The van der Waals surface area contributed by atoms with Gasteiger partial charge in [0.05, 0.1) is 0 Å². The lowest BCUT2D eigenvalue weighted by molar-refractivity contribution is -0.0504. The van der Waals surface area contributed by atoms with Crippen molar-refractivity contribution in [2.75, 3.05) is 26.2 Å². The molecule has 48 heavy (non-hydrogen) atoms. The van der Waals surface area contributed by atoms with Gasteiger partial charge >= 0.3 is 31.3 Å². The van der Waals surface area contributed by atoms with E-state index >= 15 is 0 Å². The quantitative estimate of drug-likeness (QED) is 0.0687. The lowest BCUT2D eigenvalue weighted by Gasteiger charge is -2.26. The van der Waals surface area contributed by atoms with Gasteiger partial charge in [-0.25, -0.2) is 0 Å². The van der Waals surface area contributed by atoms with Crippen molar-refractivity contribution < 1.29 is 61.1 Å². The minimum absolute atomic E-state index is 0.0376. The maximum atomic E-state index is 13.9. The number of hydrogen-bond donors (Lipinski definition) is 0. The maximum Gasteiger partial charge on any atom is 0.534 e. The Kier molecular flexibility index (Phi) is 10.0. The monoisotopic (exact) mass is 737 g/mol. The molecule has 0 unspecified atom stereocenters. The Balaban J connectivity index is 1.47. The average molecular weight is 738 g/mol. The van der Waals surface area contributed by atoms with Crippen molar-refractivity contribution in [2.45, 2.75) is 30.3 Å². The largest absolute Gasteiger partial charge is 0.534 e. The van der Waals surface area contributed by atoms with Crippen LogP contribution in [0.3, 0.4) is 0 Å². The highest BCUT2D eigenvalue weighted by molar-refractivity contribution is 7.88. The van der Waals surface area contributed by atoms with Crippen LogP contribution in [0.4, 0.5) is 26.3 Å². The van der Waals surface area contributed by atoms with Crippen LogP contribution in [0.5, 0.6) is 17.2 Å². The highest BCUT2D eigenvalue weighted by atomic mass is 32.2. The lowest BCUT2D eigenvalue weighted by Crippen LogP contribution is -2.33. The Hall–Kier alpha value is -3.87. The van der Waals surface area contributed by atoms with Gasteiger partial charge in [-0.2, -0.15) is 43.2 Å². The molecule has 1 fully saturated rings. The normalized spacial score (nSPS) is 15.0. The van der Waals surface area contributed by atoms with E-state index in [0.717, 1.165) is 68.1 Å². The highest BCUT2D eigenvalue weighted by Crippen LogP contribution is 2.42. The highest BCUT2D eigenvalue weighted by Gasteiger charge is 2.49. The first-order valence-electron chi connectivity index (χ1n) is 14.1. The van der Waals surface area contributed by atoms with Crippen molar-refractivity contribution in [1.82, 2.24) is 4.90 Å². The zero-order chi connectivity index (χ0) is 34.9. The molecule has 0 bridgehead atoms. The van der Waals surface area contributed by atoms with Crippen LogP contribution >= 0.6 is 11.3 Å². The summed E-state index contributed by atoms with van der Waals surface area (Å²) in [5.41, 5.74) is -10.9. The zero-order valence-electron chi connectivity index (χ0n) is 24.5. The summed E-state index contributed by atoms with van der Waals surface area (Å²) < 4.78 is 137. The Morgan fingerprint density at radius 3 is 1.85 bits per heavy atom. The third kappa shape index (κ3) is 7.88. The number of fused-ring (bicyclic) bond motifs is 1. The molecule has 1 aliphatic rings. The van der Waals surface area contributed by atoms with Crippen LogP contribution in [0.15, 0.2) is 66.7 Å². The summed E-state index contributed by atoms with van der Waals surface area (Å²) in [6, 6.07) is 13.6. The Morgan fingerprint density at radius 1 is 0.729 bits per heavy atom. The van der Waals surface area contributed by atoms with E-state index in [1.807, 2.05) is 0 Å². The van der Waals surface area contributed by atoms with Crippen LogP contribution in [0.25, 0.3) is 20.5 Å². The molecule has 0 saturated carbocycles. The SMILES string of the molecule is O=C(c1ccc(OCCN2CCCCC2)cc1)c1c(-c2ccc(OS(=O)(=O)C(F)(F)F)cc2)sc2cc(OS(=O)(=O)C(F)(F)F)ccc12. The smallest absolute Gasteiger partial charge is 0.492 e. The summed E-state index contributed by atoms with van der Waals surface area (Å²) in [5, 5.41) is 0.207. The van der Waals surface area contributed by atoms with E-state index in [-0.39, 0.29) is 31.7 Å². The summed E-state index contributed by atoms with van der Waals surface area (Å²) in [6.07, 6.45) is 3.47. The summed E-state index contributed by atoms with van der Waals surface area (Å²) in [6.45, 7) is 3.18. The molecular formula is C30H25F6NO8S3. The van der Waals surface area contributed by atoms with Gasteiger partial charge < -0.3 is 13.1 Å². The second-order valence-corrected chi connectivity index (χ2v) is 14.7. The standard InChI is InChI=1S/C30H25F6NO8S3/c31-29(32,33)47(39,40)44-22-10-6-20(7-11-22)28-26(24-13-12-23(18-25(24)46-28)45-48(41,42)30(34,35)36)27(38)19-4-8-21(9-5-19)43-17-16-37-14-2-1-3-15-37/h4-13,18H,1-3,14-17H2. The molecule has 1 aromatic heterocycles. The average Bonchev–Trinajstić information content (AvgIpc) is 3.39. The molecule has 1 saturated heterocycles. The molecule has 0 atom stereocenters. The lowest BCUT2D eigenvalue weighted by atomic mass is 9.97. The number of piperidine rings is 1. The number of nitrogens with zero attached hydrogens (tertiary/aromatic N) is 1. The molecule has 0 aliphatic carbocycles. The molecule has 2 heterocycles. The summed E-state index contributed by atoms with van der Waals surface area (Å²) in [4.78, 5) is 16.4. The summed E-state index contributed by atoms with van der Waals surface area (Å²) in [7, 11) is -12.0. The van der Waals surface area contributed by atoms with Crippen molar-refractivity contribution in [2.24, 2.45) is 0 Å². The molecule has 18 heteroatoms. The predicted molar refractivity (Wildman–Crippen MR) is 164 cm³/mol. The molecule has 0 spiro atoms. The number of alkyl halides is 6. The van der Waals surface area contributed by atoms with Gasteiger partial charge in [-0.3, -0.25) is 9.69 Å². The van der Waals surface area contributed by atoms with Crippen molar-refractivity contribution in [3.63, 3.8) is 0 Å². The van der Waals surface area contributed by atoms with Crippen molar-refractivity contribution in [3.8, 4) is 27.7 Å². The van der Waals surface area contributed by atoms with E-state index in [1.165, 1.54) is 36.8 Å². The number of ether oxygens (including phenoxy) is 1. The number of benzene rings is 3. The first kappa shape index (κ1) is 35.4. The molecular weight excluding hydrogens is 713 g/mol. The fourth-order valence-electron chi connectivity index (χ4n) is 4.89. The minimum Gasteiger partial charge on any atom is -0.492 e. The Morgan fingerprint density at radius 2 is 1.27 bits per heavy atom. The summed E-state index contributed by atoms with van der Waals surface area (Å²) in [5.74, 6) is -1.39. The maximum absolute atomic E-state index is 13.9. The van der Waals surface area contributed by atoms with E-state index in [0.29, 0.717) is 12.4 Å². The number of carbonyl (C=O) groups is 1. The Labute approximate surface area is 274 Å². The van der Waals surface area contributed by atoms with Crippen LogP contribution in [0, 0.1) is 0 Å². The van der Waals surface area contributed by atoms with Gasteiger partial charge in [-0.1, -0.05) is 6.42 Å². The minimum atomic E-state index is -6.00. The van der Waals surface area contributed by atoms with E-state index in [4.69, 9.17) is 4.74 Å². The first-order chi connectivity index (χ1) is 22.4. The van der Waals surface area contributed by atoms with E-state index < -0.39 is 48.5 Å². The summed E-state index contributed by atoms with van der Waals surface area (Å²) >= 11 is 0.853. The van der Waals surface area contributed by atoms with Crippen LogP contribution in [0.2, 0.25) is 0 Å².